The molecule has 0 saturated heterocycles. The molecule has 1 aromatic carbocycles. The highest BCUT2D eigenvalue weighted by Gasteiger charge is 2.19. The maximum atomic E-state index is 13.7. The topological polar surface area (TPSA) is 59.0 Å². The molecule has 0 bridgehead atoms. The number of nitrogens with one attached hydrogen (secondary N) is 2. The molecule has 2 N–H and O–H groups in total. The van der Waals surface area contributed by atoms with E-state index < -0.39 is 6.04 Å². The quantitative estimate of drug-likeness (QED) is 0.913. The number of anilines is 1. The molecule has 5 nitrogen and oxygen atoms in total. The molecule has 2 aromatic rings. The molecule has 0 spiro atoms. The van der Waals surface area contributed by atoms with E-state index in [1.165, 1.54) is 10.7 Å². The maximum absolute atomic E-state index is 13.7. The first kappa shape index (κ1) is 16.0. The molecule has 0 saturated carbocycles. The van der Waals surface area contributed by atoms with Crippen molar-refractivity contribution in [1.29, 1.82) is 0 Å². The second-order valence-electron chi connectivity index (χ2n) is 6.23. The minimum Gasteiger partial charge on any atom is -0.371 e. The van der Waals surface area contributed by atoms with Gasteiger partial charge in [0.2, 0.25) is 5.91 Å². The van der Waals surface area contributed by atoms with Crippen molar-refractivity contribution in [2.24, 2.45) is 0 Å². The molecule has 6 heteroatoms. The van der Waals surface area contributed by atoms with Crippen LogP contribution in [0.3, 0.4) is 0 Å². The Balaban J connectivity index is 2.06. The molecule has 1 amide bonds. The number of para-hydroxylation sites is 1. The van der Waals surface area contributed by atoms with Crippen LogP contribution in [0.1, 0.15) is 27.7 Å². The first-order valence-electron chi connectivity index (χ1n) is 7.14. The van der Waals surface area contributed by atoms with Gasteiger partial charge < -0.3 is 10.6 Å². The van der Waals surface area contributed by atoms with Gasteiger partial charge in [-0.2, -0.15) is 5.10 Å². The number of rotatable bonds is 4. The molecule has 0 radical (unpaired) electrons. The highest BCUT2D eigenvalue weighted by Crippen LogP contribution is 2.15. The van der Waals surface area contributed by atoms with Crippen molar-refractivity contribution >= 4 is 11.6 Å². The maximum Gasteiger partial charge on any atom is 0.242 e. The lowest BCUT2D eigenvalue weighted by Crippen LogP contribution is -2.47. The number of hydrogen-bond acceptors (Lipinski definition) is 3. The molecule has 0 aliphatic carbocycles. The highest BCUT2D eigenvalue weighted by molar-refractivity contribution is 5.84. The summed E-state index contributed by atoms with van der Waals surface area (Å²) in [4.78, 5) is 12.0. The summed E-state index contributed by atoms with van der Waals surface area (Å²) in [5.41, 5.74) is 0.729. The number of halogens is 1. The smallest absolute Gasteiger partial charge is 0.242 e. The molecule has 2 rings (SSSR count). The second-order valence-corrected chi connectivity index (χ2v) is 6.23. The van der Waals surface area contributed by atoms with E-state index in [0.29, 0.717) is 11.4 Å². The normalized spacial score (nSPS) is 12.8. The minimum atomic E-state index is -0.419. The van der Waals surface area contributed by atoms with Gasteiger partial charge in [-0.3, -0.25) is 4.79 Å². The summed E-state index contributed by atoms with van der Waals surface area (Å²) in [7, 11) is 0. The molecule has 1 heterocycles. The van der Waals surface area contributed by atoms with Gasteiger partial charge in [-0.15, -0.1) is 0 Å². The summed E-state index contributed by atoms with van der Waals surface area (Å²) in [5, 5.41) is 10.1. The molecule has 0 unspecified atom stereocenters. The van der Waals surface area contributed by atoms with Crippen LogP contribution in [-0.2, 0) is 4.79 Å². The van der Waals surface area contributed by atoms with Crippen LogP contribution in [0.4, 0.5) is 10.1 Å². The zero-order valence-electron chi connectivity index (χ0n) is 13.2. The minimum absolute atomic E-state index is 0.105. The van der Waals surface area contributed by atoms with E-state index in [0.717, 1.165) is 0 Å². The number of hydrogen-bond donors (Lipinski definition) is 2. The van der Waals surface area contributed by atoms with E-state index in [1.807, 2.05) is 20.8 Å². The second kappa shape index (κ2) is 6.17. The standard InChI is InChI=1S/C16H21FN4O/c1-11(15(22)20-16(2,3)4)19-12-9-18-21(10-12)14-8-6-5-7-13(14)17/h5-11,19H,1-4H3,(H,20,22)/t11-/m0/s1. The average Bonchev–Trinajstić information content (AvgIpc) is 2.85. The molecule has 1 atom stereocenters. The van der Waals surface area contributed by atoms with Gasteiger partial charge in [0.1, 0.15) is 17.5 Å². The first-order chi connectivity index (χ1) is 10.3. The molecular formula is C16H21FN4O. The van der Waals surface area contributed by atoms with Crippen LogP contribution in [0.2, 0.25) is 0 Å². The largest absolute Gasteiger partial charge is 0.371 e. The van der Waals surface area contributed by atoms with Crippen molar-refractivity contribution in [3.63, 3.8) is 0 Å². The number of benzene rings is 1. The Hall–Kier alpha value is -2.37. The summed E-state index contributed by atoms with van der Waals surface area (Å²) >= 11 is 0. The van der Waals surface area contributed by atoms with Gasteiger partial charge >= 0.3 is 0 Å². The van der Waals surface area contributed by atoms with E-state index in [1.54, 1.807) is 37.5 Å². The van der Waals surface area contributed by atoms with Crippen LogP contribution in [0.5, 0.6) is 0 Å². The van der Waals surface area contributed by atoms with E-state index in [9.17, 15) is 9.18 Å². The van der Waals surface area contributed by atoms with Gasteiger partial charge in [0.15, 0.2) is 0 Å². The summed E-state index contributed by atoms with van der Waals surface area (Å²) in [6, 6.07) is 5.97. The van der Waals surface area contributed by atoms with E-state index >= 15 is 0 Å². The Morgan fingerprint density at radius 2 is 2.00 bits per heavy atom. The average molecular weight is 304 g/mol. The molecule has 1 aromatic heterocycles. The van der Waals surface area contributed by atoms with Crippen LogP contribution in [0.25, 0.3) is 5.69 Å². The Morgan fingerprint density at radius 1 is 1.32 bits per heavy atom. The van der Waals surface area contributed by atoms with E-state index in [-0.39, 0.29) is 17.3 Å². The van der Waals surface area contributed by atoms with Crippen molar-refractivity contribution in [2.75, 3.05) is 5.32 Å². The number of carbonyl (C=O) groups excluding carboxylic acids is 1. The fraction of sp³-hybridized carbons (Fsp3) is 0.375. The van der Waals surface area contributed by atoms with Gasteiger partial charge in [0, 0.05) is 5.54 Å². The SMILES string of the molecule is C[C@H](Nc1cnn(-c2ccccc2F)c1)C(=O)NC(C)(C)C. The Kier molecular flexibility index (Phi) is 4.49. The third-order valence-electron chi connectivity index (χ3n) is 2.96. The van der Waals surface area contributed by atoms with Gasteiger partial charge in [0.05, 0.1) is 18.1 Å². The summed E-state index contributed by atoms with van der Waals surface area (Å²) < 4.78 is 15.2. The lowest BCUT2D eigenvalue weighted by molar-refractivity contribution is -0.122. The first-order valence-corrected chi connectivity index (χ1v) is 7.14. The zero-order valence-corrected chi connectivity index (χ0v) is 13.2. The van der Waals surface area contributed by atoms with Gasteiger partial charge in [0.25, 0.3) is 0 Å². The number of amides is 1. The van der Waals surface area contributed by atoms with Crippen LogP contribution < -0.4 is 10.6 Å². The van der Waals surface area contributed by atoms with E-state index in [4.69, 9.17) is 0 Å². The lowest BCUT2D eigenvalue weighted by Gasteiger charge is -2.23. The van der Waals surface area contributed by atoms with Gasteiger partial charge in [-0.1, -0.05) is 12.1 Å². The van der Waals surface area contributed by atoms with Crippen molar-refractivity contribution in [3.05, 3.63) is 42.5 Å². The molecule has 0 fully saturated rings. The summed E-state index contributed by atoms with van der Waals surface area (Å²) in [6.45, 7) is 7.54. The predicted molar refractivity (Wildman–Crippen MR) is 84.5 cm³/mol. The Morgan fingerprint density at radius 3 is 2.64 bits per heavy atom. The van der Waals surface area contributed by atoms with Crippen LogP contribution in [0.15, 0.2) is 36.7 Å². The van der Waals surface area contributed by atoms with Crippen molar-refractivity contribution < 1.29 is 9.18 Å². The molecule has 118 valence electrons. The number of nitrogens with zero attached hydrogens (tertiary/aromatic N) is 2. The van der Waals surface area contributed by atoms with Crippen LogP contribution in [0, 0.1) is 5.82 Å². The zero-order chi connectivity index (χ0) is 16.3. The van der Waals surface area contributed by atoms with Crippen molar-refractivity contribution in [2.45, 2.75) is 39.3 Å². The van der Waals surface area contributed by atoms with Gasteiger partial charge in [-0.05, 0) is 39.8 Å². The molecular weight excluding hydrogens is 283 g/mol. The third kappa shape index (κ3) is 4.07. The Labute approximate surface area is 129 Å². The number of aromatic nitrogens is 2. The predicted octanol–water partition coefficient (Wildman–Crippen LogP) is 2.73. The molecule has 0 aliphatic rings. The Bertz CT molecular complexity index is 660. The fourth-order valence-electron chi connectivity index (χ4n) is 1.96. The van der Waals surface area contributed by atoms with Crippen LogP contribution >= 0.6 is 0 Å². The summed E-state index contributed by atoms with van der Waals surface area (Å²) in [6.07, 6.45) is 3.21. The highest BCUT2D eigenvalue weighted by atomic mass is 19.1. The number of carbonyl (C=O) groups is 1. The fourth-order valence-corrected chi connectivity index (χ4v) is 1.96. The van der Waals surface area contributed by atoms with Crippen LogP contribution in [-0.4, -0.2) is 27.3 Å². The van der Waals surface area contributed by atoms with Crippen molar-refractivity contribution in [1.82, 2.24) is 15.1 Å². The van der Waals surface area contributed by atoms with E-state index in [2.05, 4.69) is 15.7 Å². The molecule has 22 heavy (non-hydrogen) atoms. The monoisotopic (exact) mass is 304 g/mol. The summed E-state index contributed by atoms with van der Waals surface area (Å²) in [5.74, 6) is -0.457. The molecule has 0 aliphatic heterocycles. The van der Waals surface area contributed by atoms with Crippen molar-refractivity contribution in [3.8, 4) is 5.69 Å². The van der Waals surface area contributed by atoms with Gasteiger partial charge in [-0.25, -0.2) is 9.07 Å². The third-order valence-corrected chi connectivity index (χ3v) is 2.96. The lowest BCUT2D eigenvalue weighted by atomic mass is 10.1.